The molecule has 4 saturated carbocycles. The van der Waals surface area contributed by atoms with Crippen molar-refractivity contribution in [3.05, 3.63) is 77.1 Å². The van der Waals surface area contributed by atoms with E-state index in [2.05, 4.69) is 33.8 Å². The first kappa shape index (κ1) is 20.5. The van der Waals surface area contributed by atoms with Gasteiger partial charge in [-0.3, -0.25) is 0 Å². The lowest BCUT2D eigenvalue weighted by Crippen LogP contribution is -2.27. The van der Waals surface area contributed by atoms with E-state index in [9.17, 15) is 9.90 Å². The van der Waals surface area contributed by atoms with Gasteiger partial charge in [-0.15, -0.1) is 0 Å². The molecule has 1 heterocycles. The van der Waals surface area contributed by atoms with Crippen molar-refractivity contribution in [1.82, 2.24) is 4.98 Å². The summed E-state index contributed by atoms with van der Waals surface area (Å²) in [5.41, 5.74) is 4.84. The fraction of sp³-hybridized carbons (Fsp3) is 0.333. The van der Waals surface area contributed by atoms with E-state index >= 15 is 0 Å². The van der Waals surface area contributed by atoms with E-state index in [1.54, 1.807) is 12.1 Å². The van der Waals surface area contributed by atoms with Crippen LogP contribution >= 0.6 is 11.6 Å². The molecule has 6 heteroatoms. The molecule has 2 atom stereocenters. The zero-order chi connectivity index (χ0) is 22.6. The zero-order valence-corrected chi connectivity index (χ0v) is 19.0. The van der Waals surface area contributed by atoms with Gasteiger partial charge in [-0.25, -0.2) is 9.78 Å². The number of anilines is 4. The Hall–Kier alpha value is -3.05. The summed E-state index contributed by atoms with van der Waals surface area (Å²) in [5, 5.41) is 16.6. The van der Waals surface area contributed by atoms with Crippen LogP contribution < -0.4 is 10.6 Å². The molecule has 3 aromatic rings. The smallest absolute Gasteiger partial charge is 0.356 e. The van der Waals surface area contributed by atoms with E-state index in [-0.39, 0.29) is 5.69 Å². The Morgan fingerprint density at radius 3 is 2.24 bits per heavy atom. The van der Waals surface area contributed by atoms with Crippen LogP contribution in [0.25, 0.3) is 0 Å². The number of carboxylic acid groups (broad SMARTS) is 1. The lowest BCUT2D eigenvalue weighted by atomic mass is 9.71. The van der Waals surface area contributed by atoms with Crippen LogP contribution in [-0.2, 0) is 5.41 Å². The number of nitrogens with one attached hydrogen (secondary N) is 2. The molecule has 0 radical (unpaired) electrons. The van der Waals surface area contributed by atoms with Crippen LogP contribution in [0.1, 0.15) is 48.2 Å². The van der Waals surface area contributed by atoms with E-state index in [0.717, 1.165) is 39.8 Å². The molecule has 2 unspecified atom stereocenters. The maximum Gasteiger partial charge on any atom is 0.356 e. The van der Waals surface area contributed by atoms with Gasteiger partial charge in [0.15, 0.2) is 5.69 Å². The summed E-state index contributed by atoms with van der Waals surface area (Å²) in [4.78, 5) is 15.3. The third-order valence-electron chi connectivity index (χ3n) is 7.99. The number of carboxylic acids is 1. The number of rotatable bonds is 6. The monoisotopic (exact) mass is 459 g/mol. The topological polar surface area (TPSA) is 74.2 Å². The van der Waals surface area contributed by atoms with Gasteiger partial charge in [-0.2, -0.15) is 0 Å². The molecular formula is C27H26ClN3O2. The molecule has 1 aromatic heterocycles. The molecule has 168 valence electrons. The molecule has 4 fully saturated rings. The van der Waals surface area contributed by atoms with Crippen LogP contribution in [0.5, 0.6) is 0 Å². The standard InChI is InChI=1S/C27H26ClN3O2/c28-22-13-18(27-14-16-10-17(15-27)12-19(27)11-16)3-8-23(22)30-20-4-6-21(7-5-20)31-24-2-1-9-29-25(24)26(32)33/h1-9,13,16-17,19,30-31H,10-12,14-15H2,(H,32,33). The number of aromatic nitrogens is 1. The van der Waals surface area contributed by atoms with Gasteiger partial charge < -0.3 is 15.7 Å². The molecule has 7 rings (SSSR count). The Morgan fingerprint density at radius 2 is 1.61 bits per heavy atom. The van der Waals surface area contributed by atoms with Gasteiger partial charge in [0.2, 0.25) is 0 Å². The number of pyridine rings is 1. The zero-order valence-electron chi connectivity index (χ0n) is 18.2. The highest BCUT2D eigenvalue weighted by atomic mass is 35.5. The number of nitrogens with zero attached hydrogens (tertiary/aromatic N) is 1. The molecule has 33 heavy (non-hydrogen) atoms. The molecule has 5 nitrogen and oxygen atoms in total. The van der Waals surface area contributed by atoms with Crippen molar-refractivity contribution in [3.63, 3.8) is 0 Å². The third kappa shape index (κ3) is 3.55. The highest BCUT2D eigenvalue weighted by Gasteiger charge is 2.58. The molecule has 0 aliphatic heterocycles. The number of carbonyl (C=O) groups is 1. The Kier molecular flexibility index (Phi) is 4.84. The maximum atomic E-state index is 11.4. The van der Waals surface area contributed by atoms with Crippen molar-refractivity contribution in [3.8, 4) is 0 Å². The Labute approximate surface area is 198 Å². The highest BCUT2D eigenvalue weighted by molar-refractivity contribution is 6.33. The molecule has 4 aliphatic rings. The minimum Gasteiger partial charge on any atom is -0.476 e. The van der Waals surface area contributed by atoms with E-state index in [1.165, 1.54) is 43.9 Å². The largest absolute Gasteiger partial charge is 0.476 e. The minimum absolute atomic E-state index is 0.00453. The average Bonchev–Trinajstić information content (AvgIpc) is 3.21. The molecule has 3 N–H and O–H groups in total. The third-order valence-corrected chi connectivity index (χ3v) is 8.30. The van der Waals surface area contributed by atoms with Crippen molar-refractivity contribution in [1.29, 1.82) is 0 Å². The summed E-state index contributed by atoms with van der Waals surface area (Å²) >= 11 is 6.74. The Morgan fingerprint density at radius 1 is 0.939 bits per heavy atom. The van der Waals surface area contributed by atoms with Crippen molar-refractivity contribution in [2.24, 2.45) is 17.8 Å². The van der Waals surface area contributed by atoms with E-state index in [0.29, 0.717) is 11.1 Å². The number of benzene rings is 2. The lowest BCUT2D eigenvalue weighted by Gasteiger charge is -2.34. The van der Waals surface area contributed by atoms with E-state index in [4.69, 9.17) is 11.6 Å². The number of hydrogen-bond donors (Lipinski definition) is 3. The second-order valence-electron chi connectivity index (χ2n) is 9.93. The first-order valence-corrected chi connectivity index (χ1v) is 12.0. The second kappa shape index (κ2) is 7.77. The van der Waals surface area contributed by atoms with Crippen molar-refractivity contribution in [2.45, 2.75) is 37.5 Å². The summed E-state index contributed by atoms with van der Waals surface area (Å²) in [6.07, 6.45) is 8.40. The van der Waals surface area contributed by atoms with Gasteiger partial charge in [0.25, 0.3) is 0 Å². The molecule has 4 bridgehead atoms. The second-order valence-corrected chi connectivity index (χ2v) is 10.3. The SMILES string of the molecule is O=C(O)c1ncccc1Nc1ccc(Nc2ccc(C34CC5CC(CC3C5)C4)cc2Cl)cc1. The van der Waals surface area contributed by atoms with Crippen molar-refractivity contribution >= 4 is 40.3 Å². The Bertz CT molecular complexity index is 1210. The summed E-state index contributed by atoms with van der Waals surface area (Å²) in [7, 11) is 0. The first-order valence-electron chi connectivity index (χ1n) is 11.6. The van der Waals surface area contributed by atoms with Crippen LogP contribution in [0.4, 0.5) is 22.7 Å². The predicted octanol–water partition coefficient (Wildman–Crippen LogP) is 7.00. The van der Waals surface area contributed by atoms with Crippen LogP contribution in [0.3, 0.4) is 0 Å². The fourth-order valence-corrected chi connectivity index (χ4v) is 7.05. The van der Waals surface area contributed by atoms with Crippen LogP contribution in [-0.4, -0.2) is 16.1 Å². The van der Waals surface area contributed by atoms with Gasteiger partial charge in [-0.05, 0) is 109 Å². The van der Waals surface area contributed by atoms with Crippen LogP contribution in [0, 0.1) is 17.8 Å². The number of halogens is 1. The van der Waals surface area contributed by atoms with Gasteiger partial charge >= 0.3 is 5.97 Å². The molecular weight excluding hydrogens is 434 g/mol. The number of hydrogen-bond acceptors (Lipinski definition) is 4. The molecule has 0 spiro atoms. The summed E-state index contributed by atoms with van der Waals surface area (Å²) < 4.78 is 0. The van der Waals surface area contributed by atoms with Gasteiger partial charge in [0.05, 0.1) is 16.4 Å². The van der Waals surface area contributed by atoms with Crippen LogP contribution in [0.15, 0.2) is 60.8 Å². The molecule has 2 aromatic carbocycles. The lowest BCUT2D eigenvalue weighted by molar-refractivity contribution is 0.0691. The molecule has 0 amide bonds. The first-order chi connectivity index (χ1) is 16.0. The fourth-order valence-electron chi connectivity index (χ4n) is 6.82. The normalized spacial score (nSPS) is 27.0. The predicted molar refractivity (Wildman–Crippen MR) is 131 cm³/mol. The average molecular weight is 460 g/mol. The molecule has 0 saturated heterocycles. The van der Waals surface area contributed by atoms with Crippen molar-refractivity contribution in [2.75, 3.05) is 10.6 Å². The van der Waals surface area contributed by atoms with Gasteiger partial charge in [-0.1, -0.05) is 17.7 Å². The van der Waals surface area contributed by atoms with Crippen molar-refractivity contribution < 1.29 is 9.90 Å². The summed E-state index contributed by atoms with van der Waals surface area (Å²) in [5.74, 6) is 1.62. The van der Waals surface area contributed by atoms with E-state index < -0.39 is 5.97 Å². The summed E-state index contributed by atoms with van der Waals surface area (Å²) in [6.45, 7) is 0. The maximum absolute atomic E-state index is 11.4. The molecule has 4 aliphatic carbocycles. The number of aromatic carboxylic acids is 1. The van der Waals surface area contributed by atoms with Gasteiger partial charge in [0.1, 0.15) is 0 Å². The Balaban J connectivity index is 1.18. The van der Waals surface area contributed by atoms with Crippen LogP contribution in [0.2, 0.25) is 5.02 Å². The van der Waals surface area contributed by atoms with E-state index in [1.807, 2.05) is 24.3 Å². The quantitative estimate of drug-likeness (QED) is 0.370. The van der Waals surface area contributed by atoms with Gasteiger partial charge in [0, 0.05) is 17.6 Å². The summed E-state index contributed by atoms with van der Waals surface area (Å²) in [6, 6.07) is 17.7. The highest BCUT2D eigenvalue weighted by Crippen LogP contribution is 2.66. The minimum atomic E-state index is -1.06.